The molecule has 30 heavy (non-hydrogen) atoms. The van der Waals surface area contributed by atoms with Gasteiger partial charge >= 0.3 is 0 Å². The Balaban J connectivity index is 1.72. The van der Waals surface area contributed by atoms with Crippen LogP contribution < -0.4 is 15.0 Å². The van der Waals surface area contributed by atoms with Crippen LogP contribution in [0.15, 0.2) is 41.9 Å². The highest BCUT2D eigenvalue weighted by Crippen LogP contribution is 2.28. The zero-order valence-electron chi connectivity index (χ0n) is 16.8. The lowest BCUT2D eigenvalue weighted by Gasteiger charge is -2.17. The lowest BCUT2D eigenvalue weighted by molar-refractivity contribution is -0.118. The maximum absolute atomic E-state index is 14.5. The monoisotopic (exact) mass is 428 g/mol. The quantitative estimate of drug-likeness (QED) is 0.621. The number of aromatic nitrogens is 2. The Morgan fingerprint density at radius 1 is 1.30 bits per heavy atom. The second kappa shape index (κ2) is 9.45. The summed E-state index contributed by atoms with van der Waals surface area (Å²) in [6.45, 7) is 1.96. The van der Waals surface area contributed by atoms with Gasteiger partial charge in [0.05, 0.1) is 12.8 Å². The predicted octanol–water partition coefficient (Wildman–Crippen LogP) is 3.66. The molecule has 0 atom stereocenters. The van der Waals surface area contributed by atoms with Crippen molar-refractivity contribution in [1.82, 2.24) is 15.3 Å². The number of anilines is 1. The number of carbonyl (C=O) groups excluding carboxylic acids is 2. The highest BCUT2D eigenvalue weighted by atomic mass is 32.1. The average molecular weight is 428 g/mol. The van der Waals surface area contributed by atoms with E-state index in [1.807, 2.05) is 6.07 Å². The lowest BCUT2D eigenvalue weighted by atomic mass is 10.2. The number of hydrogen-bond donors (Lipinski definition) is 1. The van der Waals surface area contributed by atoms with Crippen LogP contribution in [0.5, 0.6) is 5.88 Å². The Morgan fingerprint density at radius 3 is 2.80 bits per heavy atom. The number of nitrogens with one attached hydrogen (secondary N) is 1. The van der Waals surface area contributed by atoms with E-state index >= 15 is 0 Å². The molecule has 0 bridgehead atoms. The first kappa shape index (κ1) is 21.4. The van der Waals surface area contributed by atoms with Gasteiger partial charge < -0.3 is 15.0 Å². The molecular weight excluding hydrogens is 407 g/mol. The van der Waals surface area contributed by atoms with Crippen molar-refractivity contribution in [3.05, 3.63) is 59.0 Å². The Hall–Kier alpha value is -3.33. The van der Waals surface area contributed by atoms with Crippen molar-refractivity contribution in [2.45, 2.75) is 19.9 Å². The van der Waals surface area contributed by atoms with Crippen LogP contribution in [0.3, 0.4) is 0 Å². The summed E-state index contributed by atoms with van der Waals surface area (Å²) < 4.78 is 19.7. The number of benzene rings is 1. The number of thiazole rings is 1. The minimum Gasteiger partial charge on any atom is -0.481 e. The fourth-order valence-corrected chi connectivity index (χ4v) is 3.60. The molecule has 7 nitrogen and oxygen atoms in total. The minimum absolute atomic E-state index is 0.180. The molecule has 0 aliphatic carbocycles. The Kier molecular flexibility index (Phi) is 6.73. The second-order valence-corrected chi connectivity index (χ2v) is 7.22. The van der Waals surface area contributed by atoms with Crippen molar-refractivity contribution >= 4 is 28.8 Å². The number of ether oxygens (including phenoxy) is 1. The van der Waals surface area contributed by atoms with E-state index in [9.17, 15) is 14.0 Å². The summed E-state index contributed by atoms with van der Waals surface area (Å²) in [6, 6.07) is 8.10. The SMILES string of the molecule is CCC(=O)N(C)c1ccc(-c2nc(C(=O)NCc3cccnc3OC)cs2)cc1F. The molecule has 0 radical (unpaired) electrons. The first-order valence-electron chi connectivity index (χ1n) is 9.22. The first-order chi connectivity index (χ1) is 14.4. The molecule has 0 fully saturated rings. The minimum atomic E-state index is -0.526. The summed E-state index contributed by atoms with van der Waals surface area (Å²) in [7, 11) is 3.05. The van der Waals surface area contributed by atoms with Crippen molar-refractivity contribution < 1.29 is 18.7 Å². The van der Waals surface area contributed by atoms with Crippen LogP contribution in [0.2, 0.25) is 0 Å². The largest absolute Gasteiger partial charge is 0.481 e. The van der Waals surface area contributed by atoms with Gasteiger partial charge in [-0.15, -0.1) is 11.3 Å². The molecule has 0 unspecified atom stereocenters. The predicted molar refractivity (Wildman–Crippen MR) is 113 cm³/mol. The maximum Gasteiger partial charge on any atom is 0.271 e. The summed E-state index contributed by atoms with van der Waals surface area (Å²) in [4.78, 5) is 33.9. The van der Waals surface area contributed by atoms with Gasteiger partial charge in [0.2, 0.25) is 11.8 Å². The third-order valence-electron chi connectivity index (χ3n) is 4.45. The molecule has 156 valence electrons. The van der Waals surface area contributed by atoms with Gasteiger partial charge in [0.15, 0.2) is 0 Å². The van der Waals surface area contributed by atoms with Crippen molar-refractivity contribution in [2.75, 3.05) is 19.1 Å². The van der Waals surface area contributed by atoms with Crippen LogP contribution in [0, 0.1) is 5.82 Å². The van der Waals surface area contributed by atoms with Crippen molar-refractivity contribution in [3.8, 4) is 16.5 Å². The first-order valence-corrected chi connectivity index (χ1v) is 10.1. The van der Waals surface area contributed by atoms with Crippen LogP contribution in [0.25, 0.3) is 10.6 Å². The van der Waals surface area contributed by atoms with E-state index in [2.05, 4.69) is 15.3 Å². The van der Waals surface area contributed by atoms with Gasteiger partial charge in [-0.1, -0.05) is 13.0 Å². The maximum atomic E-state index is 14.5. The van der Waals surface area contributed by atoms with E-state index < -0.39 is 5.82 Å². The summed E-state index contributed by atoms with van der Waals surface area (Å²) >= 11 is 1.24. The Bertz CT molecular complexity index is 1070. The molecule has 2 aromatic heterocycles. The number of hydrogen-bond acceptors (Lipinski definition) is 6. The molecule has 9 heteroatoms. The summed E-state index contributed by atoms with van der Waals surface area (Å²) in [5.74, 6) is -0.616. The molecule has 0 aliphatic rings. The smallest absolute Gasteiger partial charge is 0.271 e. The van der Waals surface area contributed by atoms with Gasteiger partial charge in [0.1, 0.15) is 16.5 Å². The lowest BCUT2D eigenvalue weighted by Crippen LogP contribution is -2.26. The number of nitrogens with zero attached hydrogens (tertiary/aromatic N) is 3. The third kappa shape index (κ3) is 4.62. The van der Waals surface area contributed by atoms with Crippen molar-refractivity contribution in [2.24, 2.45) is 0 Å². The topological polar surface area (TPSA) is 84.4 Å². The van der Waals surface area contributed by atoms with Gasteiger partial charge in [0, 0.05) is 42.7 Å². The second-order valence-electron chi connectivity index (χ2n) is 6.36. The van der Waals surface area contributed by atoms with E-state index in [4.69, 9.17) is 4.74 Å². The van der Waals surface area contributed by atoms with E-state index in [-0.39, 0.29) is 36.2 Å². The summed E-state index contributed by atoms with van der Waals surface area (Å²) in [6.07, 6.45) is 1.89. The molecule has 1 aromatic carbocycles. The van der Waals surface area contributed by atoms with Crippen LogP contribution in [0.1, 0.15) is 29.4 Å². The fourth-order valence-electron chi connectivity index (χ4n) is 2.80. The standard InChI is InChI=1S/C21H21FN4O3S/c1-4-18(27)26(2)17-8-7-13(10-15(17)22)21-25-16(12-30-21)19(28)24-11-14-6-5-9-23-20(14)29-3/h5-10,12H,4,11H2,1-3H3,(H,24,28). The van der Waals surface area contributed by atoms with Crippen molar-refractivity contribution in [3.63, 3.8) is 0 Å². The number of carbonyl (C=O) groups is 2. The van der Waals surface area contributed by atoms with Gasteiger partial charge in [-0.25, -0.2) is 14.4 Å². The number of halogens is 1. The zero-order valence-corrected chi connectivity index (χ0v) is 17.6. The van der Waals surface area contributed by atoms with Gasteiger partial charge in [-0.3, -0.25) is 9.59 Å². The van der Waals surface area contributed by atoms with Crippen molar-refractivity contribution in [1.29, 1.82) is 0 Å². The summed E-state index contributed by atoms with van der Waals surface area (Å²) in [5, 5.41) is 4.90. The van der Waals surface area contributed by atoms with E-state index in [0.717, 1.165) is 5.56 Å². The highest BCUT2D eigenvalue weighted by molar-refractivity contribution is 7.13. The number of rotatable bonds is 7. The molecule has 1 N–H and O–H groups in total. The van der Waals surface area contributed by atoms with Crippen LogP contribution in [-0.4, -0.2) is 35.9 Å². The van der Waals surface area contributed by atoms with Gasteiger partial charge in [0.25, 0.3) is 5.91 Å². The third-order valence-corrected chi connectivity index (χ3v) is 5.34. The number of pyridine rings is 1. The van der Waals surface area contributed by atoms with E-state index in [1.54, 1.807) is 30.6 Å². The van der Waals surface area contributed by atoms with E-state index in [0.29, 0.717) is 16.5 Å². The van der Waals surface area contributed by atoms with Gasteiger partial charge in [-0.2, -0.15) is 0 Å². The number of methoxy groups -OCH3 is 1. The number of amides is 2. The molecule has 0 saturated carbocycles. The summed E-state index contributed by atoms with van der Waals surface area (Å²) in [5.41, 5.74) is 1.71. The molecule has 2 amide bonds. The van der Waals surface area contributed by atoms with E-state index in [1.165, 1.54) is 42.5 Å². The van der Waals surface area contributed by atoms with Crippen LogP contribution in [0.4, 0.5) is 10.1 Å². The highest BCUT2D eigenvalue weighted by Gasteiger charge is 2.17. The van der Waals surface area contributed by atoms with Crippen LogP contribution in [-0.2, 0) is 11.3 Å². The fraction of sp³-hybridized carbons (Fsp3) is 0.238. The molecule has 0 saturated heterocycles. The zero-order chi connectivity index (χ0) is 21.7. The van der Waals surface area contributed by atoms with Crippen LogP contribution >= 0.6 is 11.3 Å². The normalized spacial score (nSPS) is 10.5. The molecule has 0 aliphatic heterocycles. The molecule has 0 spiro atoms. The Morgan fingerprint density at radius 2 is 2.10 bits per heavy atom. The molecule has 2 heterocycles. The Labute approximate surface area is 177 Å². The average Bonchev–Trinajstić information content (AvgIpc) is 3.27. The molecular formula is C21H21FN4O3S. The molecule has 3 rings (SSSR count). The van der Waals surface area contributed by atoms with Gasteiger partial charge in [-0.05, 0) is 24.3 Å². The molecule has 3 aromatic rings.